The van der Waals surface area contributed by atoms with Gasteiger partial charge in [0, 0.05) is 38.9 Å². The average Bonchev–Trinajstić information content (AvgIpc) is 3.08. The fraction of sp³-hybridized carbons (Fsp3) is 0.588. The van der Waals surface area contributed by atoms with Crippen molar-refractivity contribution in [2.75, 3.05) is 40.5 Å². The number of methoxy groups -OCH3 is 2. The number of ether oxygens (including phenoxy) is 3. The highest BCUT2D eigenvalue weighted by Gasteiger charge is 2.21. The minimum atomic E-state index is 0.242. The summed E-state index contributed by atoms with van der Waals surface area (Å²) in [5.74, 6) is 0.879. The van der Waals surface area contributed by atoms with Gasteiger partial charge in [-0.15, -0.1) is 0 Å². The zero-order valence-corrected chi connectivity index (χ0v) is 14.7. The maximum absolute atomic E-state index is 5.77. The van der Waals surface area contributed by atoms with Crippen LogP contribution in [0.2, 0.25) is 0 Å². The molecule has 1 aliphatic rings. The van der Waals surface area contributed by atoms with Gasteiger partial charge in [0.05, 0.1) is 19.8 Å². The number of para-hydroxylation sites is 1. The molecule has 0 saturated carbocycles. The molecule has 5 nitrogen and oxygen atoms in total. The van der Waals surface area contributed by atoms with Gasteiger partial charge in [-0.1, -0.05) is 18.2 Å². The van der Waals surface area contributed by atoms with Gasteiger partial charge >= 0.3 is 0 Å². The molecule has 0 aromatic heterocycles. The van der Waals surface area contributed by atoms with Crippen LogP contribution in [0.5, 0.6) is 5.75 Å². The monoisotopic (exact) mass is 338 g/mol. The minimum absolute atomic E-state index is 0.242. The van der Waals surface area contributed by atoms with Gasteiger partial charge in [0.15, 0.2) is 5.11 Å². The van der Waals surface area contributed by atoms with Crippen LogP contribution in [0.3, 0.4) is 0 Å². The summed E-state index contributed by atoms with van der Waals surface area (Å²) < 4.78 is 16.3. The van der Waals surface area contributed by atoms with E-state index < -0.39 is 0 Å². The number of thiocarbonyl (C=S) groups is 1. The van der Waals surface area contributed by atoms with Crippen LogP contribution >= 0.6 is 12.2 Å². The molecule has 1 aromatic carbocycles. The lowest BCUT2D eigenvalue weighted by Crippen LogP contribution is -2.44. The Bertz CT molecular complexity index is 492. The summed E-state index contributed by atoms with van der Waals surface area (Å²) in [4.78, 5) is 2.15. The summed E-state index contributed by atoms with van der Waals surface area (Å²) in [6, 6.07) is 8.03. The van der Waals surface area contributed by atoms with E-state index in [1.165, 1.54) is 0 Å². The van der Waals surface area contributed by atoms with Crippen LogP contribution in [0.1, 0.15) is 18.4 Å². The highest BCUT2D eigenvalue weighted by molar-refractivity contribution is 7.80. The van der Waals surface area contributed by atoms with Crippen molar-refractivity contribution in [3.05, 3.63) is 29.8 Å². The first-order valence-corrected chi connectivity index (χ1v) is 8.40. The first-order chi connectivity index (χ1) is 11.2. The molecule has 1 fully saturated rings. The van der Waals surface area contributed by atoms with Gasteiger partial charge in [-0.05, 0) is 31.1 Å². The molecule has 6 heteroatoms. The van der Waals surface area contributed by atoms with E-state index in [1.807, 2.05) is 18.2 Å². The first kappa shape index (κ1) is 18.0. The molecule has 1 aromatic rings. The molecule has 0 spiro atoms. The van der Waals surface area contributed by atoms with Crippen molar-refractivity contribution < 1.29 is 14.2 Å². The van der Waals surface area contributed by atoms with Gasteiger partial charge in [0.25, 0.3) is 0 Å². The van der Waals surface area contributed by atoms with E-state index in [9.17, 15) is 0 Å². The fourth-order valence-electron chi connectivity index (χ4n) is 2.66. The van der Waals surface area contributed by atoms with E-state index in [0.717, 1.165) is 42.4 Å². The van der Waals surface area contributed by atoms with Gasteiger partial charge in [-0.3, -0.25) is 0 Å². The Morgan fingerprint density at radius 3 is 2.91 bits per heavy atom. The van der Waals surface area contributed by atoms with Crippen molar-refractivity contribution in [1.29, 1.82) is 0 Å². The Balaban J connectivity index is 2.03. The van der Waals surface area contributed by atoms with Crippen LogP contribution in [-0.4, -0.2) is 56.6 Å². The topological polar surface area (TPSA) is 43.0 Å². The van der Waals surface area contributed by atoms with Crippen molar-refractivity contribution in [1.82, 2.24) is 10.2 Å². The molecule has 1 heterocycles. The molecular weight excluding hydrogens is 312 g/mol. The van der Waals surface area contributed by atoms with Gasteiger partial charge in [0.1, 0.15) is 5.75 Å². The highest BCUT2D eigenvalue weighted by atomic mass is 32.1. The summed E-state index contributed by atoms with van der Waals surface area (Å²) in [6.07, 6.45) is 2.45. The fourth-order valence-corrected chi connectivity index (χ4v) is 2.91. The van der Waals surface area contributed by atoms with Crippen LogP contribution in [0, 0.1) is 0 Å². The summed E-state index contributed by atoms with van der Waals surface area (Å²) in [5.41, 5.74) is 1.11. The van der Waals surface area contributed by atoms with Crippen LogP contribution < -0.4 is 10.1 Å². The quantitative estimate of drug-likeness (QED) is 0.579. The van der Waals surface area contributed by atoms with Gasteiger partial charge in [-0.2, -0.15) is 0 Å². The predicted octanol–water partition coefficient (Wildman–Crippen LogP) is 2.20. The van der Waals surface area contributed by atoms with Crippen LogP contribution in [0.4, 0.5) is 0 Å². The standard InChI is InChI=1S/C17H26N2O3S/c1-20-11-9-18-17(23)19(13-15-7-5-10-22-15)12-14-6-3-4-8-16(14)21-2/h3-4,6,8,15H,5,7,9-13H2,1-2H3,(H,18,23). The maximum atomic E-state index is 5.77. The lowest BCUT2D eigenvalue weighted by atomic mass is 10.1. The Labute approximate surface area is 143 Å². The Morgan fingerprint density at radius 2 is 2.22 bits per heavy atom. The van der Waals surface area contributed by atoms with E-state index in [0.29, 0.717) is 19.7 Å². The van der Waals surface area contributed by atoms with Crippen LogP contribution in [0.25, 0.3) is 0 Å². The minimum Gasteiger partial charge on any atom is -0.496 e. The summed E-state index contributed by atoms with van der Waals surface area (Å²) in [7, 11) is 3.38. The normalized spacial score (nSPS) is 17.0. The Kier molecular flexibility index (Phi) is 7.58. The molecule has 23 heavy (non-hydrogen) atoms. The lowest BCUT2D eigenvalue weighted by Gasteiger charge is -2.29. The van der Waals surface area contributed by atoms with E-state index in [2.05, 4.69) is 16.3 Å². The highest BCUT2D eigenvalue weighted by Crippen LogP contribution is 2.21. The second-order valence-corrected chi connectivity index (χ2v) is 5.94. The number of hydrogen-bond acceptors (Lipinski definition) is 4. The first-order valence-electron chi connectivity index (χ1n) is 7.99. The van der Waals surface area contributed by atoms with E-state index in [1.54, 1.807) is 14.2 Å². The van der Waals surface area contributed by atoms with Gasteiger partial charge < -0.3 is 24.4 Å². The van der Waals surface area contributed by atoms with Crippen molar-refractivity contribution in [2.24, 2.45) is 0 Å². The van der Waals surface area contributed by atoms with Crippen molar-refractivity contribution in [3.8, 4) is 5.75 Å². The molecule has 0 amide bonds. The molecule has 0 radical (unpaired) electrons. The Morgan fingerprint density at radius 1 is 1.39 bits per heavy atom. The maximum Gasteiger partial charge on any atom is 0.169 e. The van der Waals surface area contributed by atoms with E-state index in [-0.39, 0.29) is 6.10 Å². The number of rotatable bonds is 8. The summed E-state index contributed by atoms with van der Waals surface area (Å²) in [6.45, 7) is 3.66. The number of nitrogens with one attached hydrogen (secondary N) is 1. The summed E-state index contributed by atoms with van der Waals surface area (Å²) >= 11 is 5.56. The molecule has 0 aliphatic carbocycles. The smallest absolute Gasteiger partial charge is 0.169 e. The van der Waals surface area contributed by atoms with Crippen LogP contribution in [-0.2, 0) is 16.0 Å². The zero-order chi connectivity index (χ0) is 16.5. The third-order valence-corrected chi connectivity index (χ3v) is 4.27. The summed E-state index contributed by atoms with van der Waals surface area (Å²) in [5, 5.41) is 3.98. The van der Waals surface area contributed by atoms with Gasteiger partial charge in [0.2, 0.25) is 0 Å². The average molecular weight is 338 g/mol. The molecule has 1 unspecified atom stereocenters. The number of hydrogen-bond donors (Lipinski definition) is 1. The third-order valence-electron chi connectivity index (χ3n) is 3.87. The number of nitrogens with zero attached hydrogens (tertiary/aromatic N) is 1. The van der Waals surface area contributed by atoms with E-state index >= 15 is 0 Å². The SMILES string of the molecule is COCCNC(=S)N(Cc1ccccc1OC)CC1CCCO1. The molecule has 1 aliphatic heterocycles. The van der Waals surface area contributed by atoms with E-state index in [4.69, 9.17) is 26.4 Å². The molecule has 1 N–H and O–H groups in total. The second-order valence-electron chi connectivity index (χ2n) is 5.55. The molecule has 1 atom stereocenters. The third kappa shape index (κ3) is 5.64. The van der Waals surface area contributed by atoms with Crippen LogP contribution in [0.15, 0.2) is 24.3 Å². The lowest BCUT2D eigenvalue weighted by molar-refractivity contribution is 0.0894. The van der Waals surface area contributed by atoms with Crippen molar-refractivity contribution >= 4 is 17.3 Å². The molecule has 128 valence electrons. The van der Waals surface area contributed by atoms with Gasteiger partial charge in [-0.25, -0.2) is 0 Å². The zero-order valence-electron chi connectivity index (χ0n) is 13.9. The number of benzene rings is 1. The second kappa shape index (κ2) is 9.70. The molecule has 1 saturated heterocycles. The largest absolute Gasteiger partial charge is 0.496 e. The Hall–Kier alpha value is -1.37. The predicted molar refractivity (Wildman–Crippen MR) is 94.9 cm³/mol. The molecule has 0 bridgehead atoms. The van der Waals surface area contributed by atoms with Crippen molar-refractivity contribution in [3.63, 3.8) is 0 Å². The molecule has 2 rings (SSSR count). The molecular formula is C17H26N2O3S. The van der Waals surface area contributed by atoms with Crippen molar-refractivity contribution in [2.45, 2.75) is 25.5 Å².